The van der Waals surface area contributed by atoms with Crippen molar-refractivity contribution >= 4 is 31.6 Å². The third-order valence-electron chi connectivity index (χ3n) is 2.59. The summed E-state index contributed by atoms with van der Waals surface area (Å²) in [6.45, 7) is 5.47. The topological polar surface area (TPSA) is 72.2 Å². The molecule has 0 aliphatic heterocycles. The molecule has 1 aromatic rings. The van der Waals surface area contributed by atoms with Crippen LogP contribution in [0.5, 0.6) is 0 Å². The highest BCUT2D eigenvalue weighted by Gasteiger charge is 2.28. The molecule has 4 nitrogen and oxygen atoms in total. The first-order valence-electron chi connectivity index (χ1n) is 5.87. The van der Waals surface area contributed by atoms with E-state index in [2.05, 4.69) is 20.7 Å². The van der Waals surface area contributed by atoms with Gasteiger partial charge in [-0.05, 0) is 48.3 Å². The first kappa shape index (κ1) is 16.4. The SMILES string of the molecule is CCCC(C)(C)NS(=O)(=O)c1cc(N)cc(Br)c1F. The van der Waals surface area contributed by atoms with Gasteiger partial charge in [0.15, 0.2) is 5.82 Å². The van der Waals surface area contributed by atoms with Gasteiger partial charge in [-0.15, -0.1) is 0 Å². The Balaban J connectivity index is 3.22. The second-order valence-electron chi connectivity index (χ2n) is 5.05. The van der Waals surface area contributed by atoms with Gasteiger partial charge in [-0.2, -0.15) is 0 Å². The maximum Gasteiger partial charge on any atom is 0.244 e. The van der Waals surface area contributed by atoms with Crippen LogP contribution >= 0.6 is 15.9 Å². The highest BCUT2D eigenvalue weighted by Crippen LogP contribution is 2.27. The number of sulfonamides is 1. The predicted molar refractivity (Wildman–Crippen MR) is 77.8 cm³/mol. The van der Waals surface area contributed by atoms with Gasteiger partial charge in [-0.3, -0.25) is 0 Å². The highest BCUT2D eigenvalue weighted by molar-refractivity contribution is 9.10. The minimum Gasteiger partial charge on any atom is -0.399 e. The van der Waals surface area contributed by atoms with E-state index in [1.165, 1.54) is 6.07 Å². The summed E-state index contributed by atoms with van der Waals surface area (Å²) in [5.74, 6) is -0.839. The summed E-state index contributed by atoms with van der Waals surface area (Å²) in [7, 11) is -3.95. The van der Waals surface area contributed by atoms with Crippen LogP contribution in [0.15, 0.2) is 21.5 Å². The maximum atomic E-state index is 13.9. The van der Waals surface area contributed by atoms with E-state index < -0.39 is 26.3 Å². The summed E-state index contributed by atoms with van der Waals surface area (Å²) in [4.78, 5) is -0.441. The molecule has 0 spiro atoms. The molecule has 1 rings (SSSR count). The third-order valence-corrected chi connectivity index (χ3v) is 4.87. The minimum atomic E-state index is -3.95. The predicted octanol–water partition coefficient (Wildman–Crippen LogP) is 3.03. The molecule has 0 saturated heterocycles. The number of rotatable bonds is 5. The molecular weight excluding hydrogens is 335 g/mol. The van der Waals surface area contributed by atoms with Gasteiger partial charge in [0, 0.05) is 11.2 Å². The first-order chi connectivity index (χ1) is 8.59. The zero-order valence-electron chi connectivity index (χ0n) is 11.1. The second kappa shape index (κ2) is 5.76. The Morgan fingerprint density at radius 2 is 2.00 bits per heavy atom. The summed E-state index contributed by atoms with van der Waals surface area (Å²) in [5, 5.41) is 0. The largest absolute Gasteiger partial charge is 0.399 e. The Morgan fingerprint density at radius 1 is 1.42 bits per heavy atom. The smallest absolute Gasteiger partial charge is 0.244 e. The van der Waals surface area contributed by atoms with Crippen molar-refractivity contribution < 1.29 is 12.8 Å². The lowest BCUT2D eigenvalue weighted by Crippen LogP contribution is -2.43. The summed E-state index contributed by atoms with van der Waals surface area (Å²) in [6, 6.07) is 2.44. The van der Waals surface area contributed by atoms with E-state index in [1.807, 2.05) is 6.92 Å². The molecule has 3 N–H and O–H groups in total. The van der Waals surface area contributed by atoms with Gasteiger partial charge in [0.2, 0.25) is 10.0 Å². The highest BCUT2D eigenvalue weighted by atomic mass is 79.9. The molecule has 1 aromatic carbocycles. The number of hydrogen-bond acceptors (Lipinski definition) is 3. The number of hydrogen-bond donors (Lipinski definition) is 2. The van der Waals surface area contributed by atoms with E-state index in [4.69, 9.17) is 5.73 Å². The van der Waals surface area contributed by atoms with Gasteiger partial charge in [-0.25, -0.2) is 17.5 Å². The number of benzene rings is 1. The summed E-state index contributed by atoms with van der Waals surface area (Å²) in [6.07, 6.45) is 1.47. The van der Waals surface area contributed by atoms with Crippen LogP contribution < -0.4 is 10.5 Å². The van der Waals surface area contributed by atoms with Gasteiger partial charge in [0.05, 0.1) is 4.47 Å². The molecule has 0 atom stereocenters. The van der Waals surface area contributed by atoms with Gasteiger partial charge < -0.3 is 5.73 Å². The molecule has 0 saturated carbocycles. The van der Waals surface area contributed by atoms with E-state index >= 15 is 0 Å². The molecule has 0 heterocycles. The fraction of sp³-hybridized carbons (Fsp3) is 0.500. The number of nitrogen functional groups attached to an aromatic ring is 1. The Hall–Kier alpha value is -0.660. The number of nitrogens with two attached hydrogens (primary N) is 1. The molecule has 0 unspecified atom stereocenters. The quantitative estimate of drug-likeness (QED) is 0.800. The lowest BCUT2D eigenvalue weighted by atomic mass is 10.0. The number of anilines is 1. The van der Waals surface area contributed by atoms with Crippen LogP contribution in [-0.2, 0) is 10.0 Å². The van der Waals surface area contributed by atoms with Crippen molar-refractivity contribution in [3.8, 4) is 0 Å². The first-order valence-corrected chi connectivity index (χ1v) is 8.15. The van der Waals surface area contributed by atoms with E-state index in [-0.39, 0.29) is 10.2 Å². The van der Waals surface area contributed by atoms with Crippen LogP contribution in [0.3, 0.4) is 0 Å². The fourth-order valence-electron chi connectivity index (χ4n) is 1.87. The number of nitrogens with one attached hydrogen (secondary N) is 1. The Kier molecular flexibility index (Phi) is 4.97. The van der Waals surface area contributed by atoms with Crippen molar-refractivity contribution in [3.63, 3.8) is 0 Å². The Bertz CT molecular complexity index is 573. The lowest BCUT2D eigenvalue weighted by Gasteiger charge is -2.25. The van der Waals surface area contributed by atoms with Gasteiger partial charge in [-0.1, -0.05) is 13.3 Å². The van der Waals surface area contributed by atoms with Gasteiger partial charge in [0.1, 0.15) is 4.90 Å². The van der Waals surface area contributed by atoms with Crippen molar-refractivity contribution in [2.75, 3.05) is 5.73 Å². The maximum absolute atomic E-state index is 13.9. The minimum absolute atomic E-state index is 0.0289. The molecule has 108 valence electrons. The normalized spacial score (nSPS) is 12.7. The number of halogens is 2. The van der Waals surface area contributed by atoms with Crippen LogP contribution in [-0.4, -0.2) is 14.0 Å². The molecule has 19 heavy (non-hydrogen) atoms. The van der Waals surface area contributed by atoms with Crippen molar-refractivity contribution in [1.29, 1.82) is 0 Å². The summed E-state index contributed by atoms with van der Waals surface area (Å²) in [5.41, 5.74) is 5.10. The molecule has 0 aliphatic carbocycles. The van der Waals surface area contributed by atoms with Crippen LogP contribution in [0, 0.1) is 5.82 Å². The molecule has 0 amide bonds. The van der Waals surface area contributed by atoms with E-state index in [1.54, 1.807) is 13.8 Å². The van der Waals surface area contributed by atoms with Gasteiger partial charge in [0.25, 0.3) is 0 Å². The van der Waals surface area contributed by atoms with E-state index in [9.17, 15) is 12.8 Å². The van der Waals surface area contributed by atoms with Crippen molar-refractivity contribution in [2.24, 2.45) is 0 Å². The summed E-state index contributed by atoms with van der Waals surface area (Å²) < 4.78 is 40.9. The molecule has 0 fully saturated rings. The van der Waals surface area contributed by atoms with E-state index in [0.29, 0.717) is 6.42 Å². The molecule has 0 radical (unpaired) electrons. The average Bonchev–Trinajstić information content (AvgIpc) is 2.21. The molecule has 7 heteroatoms. The molecular formula is C12H18BrFN2O2S. The summed E-state index contributed by atoms with van der Waals surface area (Å²) >= 11 is 2.95. The van der Waals surface area contributed by atoms with Crippen LogP contribution in [0.1, 0.15) is 33.6 Å². The third kappa shape index (κ3) is 4.15. The zero-order valence-corrected chi connectivity index (χ0v) is 13.5. The van der Waals surface area contributed by atoms with Crippen LogP contribution in [0.2, 0.25) is 0 Å². The Morgan fingerprint density at radius 3 is 2.53 bits per heavy atom. The molecule has 0 aromatic heterocycles. The lowest BCUT2D eigenvalue weighted by molar-refractivity contribution is 0.416. The standard InChI is InChI=1S/C12H18BrFN2O2S/c1-4-5-12(2,3)16-19(17,18)10-7-8(15)6-9(13)11(10)14/h6-7,16H,4-5,15H2,1-3H3. The molecule has 0 aliphatic rings. The second-order valence-corrected chi connectivity index (χ2v) is 7.56. The fourth-order valence-corrected chi connectivity index (χ4v) is 4.06. The van der Waals surface area contributed by atoms with Crippen molar-refractivity contribution in [1.82, 2.24) is 4.72 Å². The van der Waals surface area contributed by atoms with Crippen LogP contribution in [0.4, 0.5) is 10.1 Å². The van der Waals surface area contributed by atoms with E-state index in [0.717, 1.165) is 12.5 Å². The Labute approximate surface area is 121 Å². The molecule has 0 bridgehead atoms. The zero-order chi connectivity index (χ0) is 14.8. The van der Waals surface area contributed by atoms with Crippen LogP contribution in [0.25, 0.3) is 0 Å². The average molecular weight is 353 g/mol. The monoisotopic (exact) mass is 352 g/mol. The van der Waals surface area contributed by atoms with Crippen molar-refractivity contribution in [2.45, 2.75) is 44.0 Å². The van der Waals surface area contributed by atoms with Gasteiger partial charge >= 0.3 is 0 Å². The van der Waals surface area contributed by atoms with Crippen molar-refractivity contribution in [3.05, 3.63) is 22.4 Å².